The molecule has 2 aromatic rings. The first-order chi connectivity index (χ1) is 7.09. The zero-order valence-corrected chi connectivity index (χ0v) is 8.77. The van der Waals surface area contributed by atoms with Gasteiger partial charge in [0.1, 0.15) is 11.6 Å². The highest BCUT2D eigenvalue weighted by Crippen LogP contribution is 2.25. The quantitative estimate of drug-likeness (QED) is 0.719. The summed E-state index contributed by atoms with van der Waals surface area (Å²) in [5.41, 5.74) is 13.6. The minimum absolute atomic E-state index is 0.0360. The monoisotopic (exact) mass is 206 g/mol. The molecule has 5 nitrogen and oxygen atoms in total. The number of anilines is 2. The number of aromatic nitrogens is 2. The molecule has 80 valence electrons. The minimum atomic E-state index is 0.0360. The molecule has 0 aliphatic heterocycles. The van der Waals surface area contributed by atoms with Crippen molar-refractivity contribution in [3.63, 3.8) is 0 Å². The molecule has 0 aliphatic carbocycles. The Balaban J connectivity index is 2.62. The van der Waals surface area contributed by atoms with Gasteiger partial charge in [-0.2, -0.15) is 0 Å². The average molecular weight is 206 g/mol. The lowest BCUT2D eigenvalue weighted by Crippen LogP contribution is -2.20. The summed E-state index contributed by atoms with van der Waals surface area (Å²) in [6.07, 6.45) is 1.69. The number of nitrogens with two attached hydrogens (primary N) is 2. The van der Waals surface area contributed by atoms with Gasteiger partial charge >= 0.3 is 0 Å². The average Bonchev–Trinajstić information content (AvgIpc) is 2.56. The van der Waals surface area contributed by atoms with E-state index in [9.17, 15) is 0 Å². The highest BCUT2D eigenvalue weighted by atomic mass is 16.7. The first kappa shape index (κ1) is 9.64. The van der Waals surface area contributed by atoms with Gasteiger partial charge in [-0.15, -0.1) is 5.10 Å². The summed E-state index contributed by atoms with van der Waals surface area (Å²) in [4.78, 5) is 6.90. The van der Waals surface area contributed by atoms with Gasteiger partial charge in [-0.25, -0.2) is 0 Å². The third-order valence-corrected chi connectivity index (χ3v) is 2.08. The third-order valence-electron chi connectivity index (χ3n) is 2.08. The van der Waals surface area contributed by atoms with E-state index < -0.39 is 0 Å². The maximum atomic E-state index is 5.85. The van der Waals surface area contributed by atoms with E-state index in [2.05, 4.69) is 5.10 Å². The molecule has 1 heterocycles. The molecule has 15 heavy (non-hydrogen) atoms. The Labute approximate surface area is 87.6 Å². The maximum Gasteiger partial charge on any atom is 0.135 e. The van der Waals surface area contributed by atoms with Crippen molar-refractivity contribution in [2.45, 2.75) is 20.0 Å². The molecule has 0 fully saturated rings. The van der Waals surface area contributed by atoms with E-state index in [1.54, 1.807) is 18.3 Å². The number of nitrogen functional groups attached to an aromatic ring is 2. The van der Waals surface area contributed by atoms with Crippen LogP contribution >= 0.6 is 0 Å². The van der Waals surface area contributed by atoms with E-state index in [0.717, 1.165) is 10.9 Å². The normalized spacial score (nSPS) is 11.1. The fraction of sp³-hybridized carbons (Fsp3) is 0.300. The molecule has 4 N–H and O–H groups in total. The van der Waals surface area contributed by atoms with Crippen LogP contribution in [-0.4, -0.2) is 16.0 Å². The van der Waals surface area contributed by atoms with Crippen molar-refractivity contribution in [2.24, 2.45) is 0 Å². The maximum absolute atomic E-state index is 5.85. The fourth-order valence-electron chi connectivity index (χ4n) is 1.44. The fourth-order valence-corrected chi connectivity index (χ4v) is 1.44. The van der Waals surface area contributed by atoms with Crippen molar-refractivity contribution < 1.29 is 4.84 Å². The zero-order chi connectivity index (χ0) is 11.0. The van der Waals surface area contributed by atoms with E-state index in [1.807, 2.05) is 13.8 Å². The Kier molecular flexibility index (Phi) is 2.15. The molecule has 1 aromatic heterocycles. The number of hydrogen-bond donors (Lipinski definition) is 2. The second-order valence-electron chi connectivity index (χ2n) is 3.68. The topological polar surface area (TPSA) is 79.1 Å². The van der Waals surface area contributed by atoms with Crippen LogP contribution in [-0.2, 0) is 0 Å². The summed E-state index contributed by atoms with van der Waals surface area (Å²) in [6.45, 7) is 3.85. The Morgan fingerprint density at radius 1 is 1.27 bits per heavy atom. The van der Waals surface area contributed by atoms with Crippen LogP contribution in [0.2, 0.25) is 0 Å². The van der Waals surface area contributed by atoms with Crippen molar-refractivity contribution >= 4 is 22.3 Å². The molecule has 0 saturated heterocycles. The lowest BCUT2D eigenvalue weighted by atomic mass is 10.2. The van der Waals surface area contributed by atoms with Gasteiger partial charge in [0, 0.05) is 11.1 Å². The molecule has 0 spiro atoms. The summed E-state index contributed by atoms with van der Waals surface area (Å²) in [7, 11) is 0. The van der Waals surface area contributed by atoms with Crippen LogP contribution < -0.4 is 16.3 Å². The molecule has 0 aliphatic rings. The molecular weight excluding hydrogens is 192 g/mol. The lowest BCUT2D eigenvalue weighted by molar-refractivity contribution is 0.0446. The third kappa shape index (κ3) is 1.56. The van der Waals surface area contributed by atoms with Crippen molar-refractivity contribution in [1.82, 2.24) is 9.94 Å². The molecule has 0 unspecified atom stereocenters. The minimum Gasteiger partial charge on any atom is -0.398 e. The Hall–Kier alpha value is -1.91. The molecule has 0 saturated carbocycles. The summed E-state index contributed by atoms with van der Waals surface area (Å²) in [6, 6.07) is 3.51. The number of rotatable bonds is 2. The SMILES string of the molecule is CC(C)On1ncc2c(N)ccc(N)c21. The predicted molar refractivity (Wildman–Crippen MR) is 60.3 cm³/mol. The molecule has 1 aromatic carbocycles. The molecule has 0 amide bonds. The van der Waals surface area contributed by atoms with Crippen LogP contribution in [0, 0.1) is 0 Å². The van der Waals surface area contributed by atoms with Crippen LogP contribution in [0.4, 0.5) is 11.4 Å². The number of hydrogen-bond acceptors (Lipinski definition) is 4. The zero-order valence-electron chi connectivity index (χ0n) is 8.77. The number of fused-ring (bicyclic) bond motifs is 1. The van der Waals surface area contributed by atoms with Crippen LogP contribution in [0.5, 0.6) is 0 Å². The molecule has 0 atom stereocenters. The van der Waals surface area contributed by atoms with Gasteiger partial charge < -0.3 is 16.3 Å². The molecule has 0 radical (unpaired) electrons. The van der Waals surface area contributed by atoms with Gasteiger partial charge in [0.25, 0.3) is 0 Å². The highest BCUT2D eigenvalue weighted by Gasteiger charge is 2.10. The summed E-state index contributed by atoms with van der Waals surface area (Å²) in [5, 5.41) is 4.91. The molecule has 5 heteroatoms. The van der Waals surface area contributed by atoms with Crippen LogP contribution in [0.15, 0.2) is 18.3 Å². The van der Waals surface area contributed by atoms with E-state index in [1.165, 1.54) is 4.85 Å². The van der Waals surface area contributed by atoms with Gasteiger partial charge in [-0.3, -0.25) is 0 Å². The predicted octanol–water partition coefficient (Wildman–Crippen LogP) is 1.04. The molecular formula is C10H14N4O. The number of benzene rings is 1. The summed E-state index contributed by atoms with van der Waals surface area (Å²) in [5.74, 6) is 0. The van der Waals surface area contributed by atoms with E-state index in [4.69, 9.17) is 16.3 Å². The van der Waals surface area contributed by atoms with Crippen molar-refractivity contribution in [3.8, 4) is 0 Å². The van der Waals surface area contributed by atoms with Gasteiger partial charge in [-0.05, 0) is 26.0 Å². The van der Waals surface area contributed by atoms with Crippen LogP contribution in [0.3, 0.4) is 0 Å². The van der Waals surface area contributed by atoms with E-state index in [-0.39, 0.29) is 6.10 Å². The second-order valence-corrected chi connectivity index (χ2v) is 3.68. The van der Waals surface area contributed by atoms with Gasteiger partial charge in [0.2, 0.25) is 0 Å². The van der Waals surface area contributed by atoms with E-state index >= 15 is 0 Å². The Morgan fingerprint density at radius 2 is 1.93 bits per heavy atom. The largest absolute Gasteiger partial charge is 0.398 e. The van der Waals surface area contributed by atoms with E-state index in [0.29, 0.717) is 11.4 Å². The lowest BCUT2D eigenvalue weighted by Gasteiger charge is -2.10. The van der Waals surface area contributed by atoms with Crippen molar-refractivity contribution in [2.75, 3.05) is 11.5 Å². The smallest absolute Gasteiger partial charge is 0.135 e. The van der Waals surface area contributed by atoms with Gasteiger partial charge in [-0.1, -0.05) is 4.85 Å². The first-order valence-electron chi connectivity index (χ1n) is 4.78. The summed E-state index contributed by atoms with van der Waals surface area (Å²) < 4.78 is 0. The Bertz CT molecular complexity index is 489. The van der Waals surface area contributed by atoms with Crippen molar-refractivity contribution in [1.29, 1.82) is 0 Å². The second kappa shape index (κ2) is 3.34. The molecule has 0 bridgehead atoms. The summed E-state index contributed by atoms with van der Waals surface area (Å²) >= 11 is 0. The Morgan fingerprint density at radius 3 is 2.60 bits per heavy atom. The standard InChI is InChI=1S/C10H14N4O/c1-6(2)15-14-10-7(5-13-14)8(11)3-4-9(10)12/h3-6H,11-12H2,1-2H3. The van der Waals surface area contributed by atoms with Crippen LogP contribution in [0.25, 0.3) is 10.9 Å². The van der Waals surface area contributed by atoms with Crippen LogP contribution in [0.1, 0.15) is 13.8 Å². The first-order valence-corrected chi connectivity index (χ1v) is 4.78. The highest BCUT2D eigenvalue weighted by molar-refractivity contribution is 5.97. The molecule has 2 rings (SSSR count). The van der Waals surface area contributed by atoms with Gasteiger partial charge in [0.05, 0.1) is 11.9 Å². The van der Waals surface area contributed by atoms with Gasteiger partial charge in [0.15, 0.2) is 0 Å². The number of nitrogens with zero attached hydrogens (tertiary/aromatic N) is 2. The van der Waals surface area contributed by atoms with Crippen molar-refractivity contribution in [3.05, 3.63) is 18.3 Å².